The molecule has 3 aromatic carbocycles. The van der Waals surface area contributed by atoms with E-state index in [9.17, 15) is 9.59 Å². The molecule has 1 aliphatic rings. The zero-order chi connectivity index (χ0) is 25.5. The van der Waals surface area contributed by atoms with E-state index in [-0.39, 0.29) is 11.9 Å². The van der Waals surface area contributed by atoms with Gasteiger partial charge in [-0.3, -0.25) is 4.79 Å². The largest absolute Gasteiger partial charge is 0.497 e. The van der Waals surface area contributed by atoms with Crippen molar-refractivity contribution in [2.75, 3.05) is 44.1 Å². The number of anilines is 2. The van der Waals surface area contributed by atoms with Crippen LogP contribution >= 0.6 is 0 Å². The number of benzene rings is 3. The van der Waals surface area contributed by atoms with E-state index in [1.165, 1.54) is 0 Å². The Balaban J connectivity index is 1.69. The maximum atomic E-state index is 13.7. The Morgan fingerprint density at radius 1 is 1.08 bits per heavy atom. The first kappa shape index (κ1) is 25.3. The number of nitrogens with zero attached hydrogens (tertiary/aromatic N) is 1. The van der Waals surface area contributed by atoms with Gasteiger partial charge < -0.3 is 25.0 Å². The number of hydrogen-bond acceptors (Lipinski definition) is 6. The number of rotatable bonds is 8. The van der Waals surface area contributed by atoms with E-state index in [1.807, 2.05) is 61.6 Å². The van der Waals surface area contributed by atoms with Crippen molar-refractivity contribution in [2.24, 2.45) is 0 Å². The minimum absolute atomic E-state index is 0.149. The number of nitrogens with one attached hydrogen (secondary N) is 2. The molecule has 1 aliphatic heterocycles. The predicted molar refractivity (Wildman–Crippen MR) is 143 cm³/mol. The molecule has 0 unspecified atom stereocenters. The van der Waals surface area contributed by atoms with Gasteiger partial charge in [-0.05, 0) is 80.9 Å². The molecule has 1 amide bonds. The molecule has 3 aromatic rings. The molecule has 1 heterocycles. The van der Waals surface area contributed by atoms with Gasteiger partial charge in [0.15, 0.2) is 0 Å². The van der Waals surface area contributed by atoms with Crippen LogP contribution in [0.4, 0.5) is 11.4 Å². The average molecular weight is 488 g/mol. The van der Waals surface area contributed by atoms with Crippen molar-refractivity contribution in [3.8, 4) is 16.9 Å². The number of methoxy groups -OCH3 is 1. The van der Waals surface area contributed by atoms with Crippen LogP contribution in [-0.2, 0) is 4.74 Å². The minimum Gasteiger partial charge on any atom is -0.497 e. The molecule has 36 heavy (non-hydrogen) atoms. The molecule has 7 nitrogen and oxygen atoms in total. The van der Waals surface area contributed by atoms with E-state index < -0.39 is 5.97 Å². The molecule has 4 rings (SSSR count). The van der Waals surface area contributed by atoms with E-state index in [0.717, 1.165) is 35.7 Å². The quantitative estimate of drug-likeness (QED) is 0.345. The lowest BCUT2D eigenvalue weighted by Gasteiger charge is -2.23. The number of carbonyl (C=O) groups is 2. The summed E-state index contributed by atoms with van der Waals surface area (Å²) in [4.78, 5) is 28.7. The third kappa shape index (κ3) is 5.69. The van der Waals surface area contributed by atoms with Crippen molar-refractivity contribution in [3.63, 3.8) is 0 Å². The number of hydrogen-bond donors (Lipinski definition) is 2. The van der Waals surface area contributed by atoms with E-state index in [0.29, 0.717) is 36.3 Å². The molecular formula is C29H33N3O4. The number of carbonyl (C=O) groups excluding carboxylic acids is 2. The third-order valence-corrected chi connectivity index (χ3v) is 6.32. The highest BCUT2D eigenvalue weighted by Crippen LogP contribution is 2.32. The number of amides is 1. The summed E-state index contributed by atoms with van der Waals surface area (Å²) in [5.74, 6) is 0.131. The summed E-state index contributed by atoms with van der Waals surface area (Å²) in [7, 11) is 3.47. The Kier molecular flexibility index (Phi) is 8.23. The summed E-state index contributed by atoms with van der Waals surface area (Å²) in [6.45, 7) is 3.73. The van der Waals surface area contributed by atoms with Crippen molar-refractivity contribution in [1.29, 1.82) is 0 Å². The third-order valence-electron chi connectivity index (χ3n) is 6.32. The van der Waals surface area contributed by atoms with Gasteiger partial charge in [0.1, 0.15) is 5.75 Å². The average Bonchev–Trinajstić information content (AvgIpc) is 3.08. The fourth-order valence-electron chi connectivity index (χ4n) is 4.34. The monoisotopic (exact) mass is 487 g/mol. The Bertz CT molecular complexity index is 1210. The van der Waals surface area contributed by atoms with Crippen LogP contribution in [0.1, 0.15) is 40.5 Å². The maximum Gasteiger partial charge on any atom is 0.338 e. The van der Waals surface area contributed by atoms with Gasteiger partial charge in [-0.1, -0.05) is 30.3 Å². The van der Waals surface area contributed by atoms with E-state index in [2.05, 4.69) is 17.6 Å². The Morgan fingerprint density at radius 2 is 1.86 bits per heavy atom. The second kappa shape index (κ2) is 11.7. The lowest BCUT2D eigenvalue weighted by Crippen LogP contribution is -2.32. The molecule has 7 heteroatoms. The standard InChI is InChI=1S/C29H33N3O4/c1-20-15-17-32(27-8-5-4-7-26(27)31-20)28(33)22-11-14-24(21-9-12-23(35-3)13-10-21)25(19-22)29(34)36-18-6-16-30-2/h4-5,7-14,19-20,30-31H,6,15-18H2,1-3H3/t20-/m0/s1. The lowest BCUT2D eigenvalue weighted by molar-refractivity contribution is 0.0502. The Hall–Kier alpha value is -3.84. The SMILES string of the molecule is CNCCCOC(=O)c1cc(C(=O)N2CC[C@H](C)Nc3ccccc32)ccc1-c1ccc(OC)cc1. The van der Waals surface area contributed by atoms with Crippen LogP contribution in [-0.4, -0.2) is 51.8 Å². The number of ether oxygens (including phenoxy) is 2. The zero-order valence-electron chi connectivity index (χ0n) is 21.0. The van der Waals surface area contributed by atoms with Gasteiger partial charge in [0.05, 0.1) is 30.7 Å². The first-order valence-corrected chi connectivity index (χ1v) is 12.3. The van der Waals surface area contributed by atoms with Crippen LogP contribution in [0.5, 0.6) is 5.75 Å². The van der Waals surface area contributed by atoms with Crippen LogP contribution in [0.3, 0.4) is 0 Å². The fraction of sp³-hybridized carbons (Fsp3) is 0.310. The highest BCUT2D eigenvalue weighted by atomic mass is 16.5. The second-order valence-corrected chi connectivity index (χ2v) is 8.89. The van der Waals surface area contributed by atoms with Gasteiger partial charge in [-0.15, -0.1) is 0 Å². The second-order valence-electron chi connectivity index (χ2n) is 8.89. The van der Waals surface area contributed by atoms with Crippen LogP contribution in [0.25, 0.3) is 11.1 Å². The first-order valence-electron chi connectivity index (χ1n) is 12.3. The lowest BCUT2D eigenvalue weighted by atomic mass is 9.96. The molecule has 188 valence electrons. The van der Waals surface area contributed by atoms with Crippen LogP contribution in [0, 0.1) is 0 Å². The van der Waals surface area contributed by atoms with Crippen molar-refractivity contribution < 1.29 is 19.1 Å². The van der Waals surface area contributed by atoms with E-state index >= 15 is 0 Å². The molecule has 0 saturated carbocycles. The maximum absolute atomic E-state index is 13.7. The highest BCUT2D eigenvalue weighted by Gasteiger charge is 2.26. The smallest absolute Gasteiger partial charge is 0.338 e. The summed E-state index contributed by atoms with van der Waals surface area (Å²) in [5.41, 5.74) is 4.12. The zero-order valence-corrected chi connectivity index (χ0v) is 21.0. The van der Waals surface area contributed by atoms with Crippen LogP contribution < -0.4 is 20.3 Å². The van der Waals surface area contributed by atoms with Crippen LogP contribution in [0.15, 0.2) is 66.7 Å². The summed E-state index contributed by atoms with van der Waals surface area (Å²) in [6, 6.07) is 20.8. The normalized spacial score (nSPS) is 14.9. The molecule has 0 aliphatic carbocycles. The molecule has 0 bridgehead atoms. The van der Waals surface area contributed by atoms with E-state index in [1.54, 1.807) is 24.1 Å². The summed E-state index contributed by atoms with van der Waals surface area (Å²) in [5, 5.41) is 6.53. The molecule has 1 atom stereocenters. The van der Waals surface area contributed by atoms with Crippen molar-refractivity contribution in [1.82, 2.24) is 5.32 Å². The Labute approximate surface area is 212 Å². The van der Waals surface area contributed by atoms with Gasteiger partial charge in [-0.2, -0.15) is 0 Å². The molecule has 0 radical (unpaired) electrons. The Morgan fingerprint density at radius 3 is 2.61 bits per heavy atom. The van der Waals surface area contributed by atoms with Crippen LogP contribution in [0.2, 0.25) is 0 Å². The van der Waals surface area contributed by atoms with Crippen molar-refractivity contribution >= 4 is 23.3 Å². The van der Waals surface area contributed by atoms with Gasteiger partial charge in [-0.25, -0.2) is 4.79 Å². The van der Waals surface area contributed by atoms with E-state index in [4.69, 9.17) is 9.47 Å². The summed E-state index contributed by atoms with van der Waals surface area (Å²) >= 11 is 0. The highest BCUT2D eigenvalue weighted by molar-refractivity contribution is 6.10. The topological polar surface area (TPSA) is 79.9 Å². The van der Waals surface area contributed by atoms with Gasteiger partial charge in [0.25, 0.3) is 5.91 Å². The molecule has 0 aromatic heterocycles. The number of para-hydroxylation sites is 2. The molecule has 0 fully saturated rings. The predicted octanol–water partition coefficient (Wildman–Crippen LogP) is 4.98. The molecular weight excluding hydrogens is 454 g/mol. The summed E-state index contributed by atoms with van der Waals surface area (Å²) < 4.78 is 10.8. The van der Waals surface area contributed by atoms with Gasteiger partial charge in [0, 0.05) is 18.2 Å². The number of esters is 1. The van der Waals surface area contributed by atoms with Gasteiger partial charge >= 0.3 is 5.97 Å². The van der Waals surface area contributed by atoms with Crippen molar-refractivity contribution in [2.45, 2.75) is 25.8 Å². The summed E-state index contributed by atoms with van der Waals surface area (Å²) in [6.07, 6.45) is 1.51. The molecule has 2 N–H and O–H groups in total. The van der Waals surface area contributed by atoms with Crippen molar-refractivity contribution in [3.05, 3.63) is 77.9 Å². The van der Waals surface area contributed by atoms with Gasteiger partial charge in [0.2, 0.25) is 0 Å². The molecule has 0 spiro atoms. The first-order chi connectivity index (χ1) is 17.5. The minimum atomic E-state index is -0.446. The molecule has 0 saturated heterocycles. The number of fused-ring (bicyclic) bond motifs is 1. The fourth-order valence-corrected chi connectivity index (χ4v) is 4.34.